The Labute approximate surface area is 109 Å². The standard InChI is InChI=1S/C13H12N4S/c1-2-17-12(15-16-13(17)18)11-8-7-9-5-3-4-6-10(9)14-11/h3-8H,2H2,1H3,(H,16,18). The average Bonchev–Trinajstić information content (AvgIpc) is 2.79. The summed E-state index contributed by atoms with van der Waals surface area (Å²) >= 11 is 5.18. The number of aromatic amines is 1. The van der Waals surface area contributed by atoms with Crippen LogP contribution in [0.1, 0.15) is 6.92 Å². The quantitative estimate of drug-likeness (QED) is 0.716. The number of nitrogens with one attached hydrogen (secondary N) is 1. The second-order valence-electron chi connectivity index (χ2n) is 3.99. The molecule has 0 aliphatic heterocycles. The molecule has 1 N–H and O–H groups in total. The smallest absolute Gasteiger partial charge is 0.195 e. The van der Waals surface area contributed by atoms with Gasteiger partial charge in [-0.3, -0.25) is 9.67 Å². The molecule has 0 fully saturated rings. The summed E-state index contributed by atoms with van der Waals surface area (Å²) in [6.45, 7) is 2.81. The molecular formula is C13H12N4S. The third kappa shape index (κ3) is 1.73. The Bertz CT molecular complexity index is 757. The van der Waals surface area contributed by atoms with Crippen LogP contribution in [0.5, 0.6) is 0 Å². The van der Waals surface area contributed by atoms with Crippen LogP contribution in [0.25, 0.3) is 22.4 Å². The molecule has 0 aliphatic rings. The number of hydrogen-bond donors (Lipinski definition) is 1. The zero-order chi connectivity index (χ0) is 12.5. The monoisotopic (exact) mass is 256 g/mol. The van der Waals surface area contributed by atoms with Gasteiger partial charge in [-0.2, -0.15) is 5.10 Å². The highest BCUT2D eigenvalue weighted by Gasteiger charge is 2.09. The van der Waals surface area contributed by atoms with Gasteiger partial charge in [0, 0.05) is 11.9 Å². The first-order valence-corrected chi connectivity index (χ1v) is 6.22. The second kappa shape index (κ2) is 4.34. The van der Waals surface area contributed by atoms with Gasteiger partial charge >= 0.3 is 0 Å². The summed E-state index contributed by atoms with van der Waals surface area (Å²) in [5.41, 5.74) is 1.80. The van der Waals surface area contributed by atoms with Crippen molar-refractivity contribution in [3.8, 4) is 11.5 Å². The van der Waals surface area contributed by atoms with Gasteiger partial charge in [0.1, 0.15) is 5.69 Å². The predicted octanol–water partition coefficient (Wildman–Crippen LogP) is 3.18. The first-order valence-electron chi connectivity index (χ1n) is 5.81. The van der Waals surface area contributed by atoms with Gasteiger partial charge < -0.3 is 0 Å². The molecule has 0 unspecified atom stereocenters. The van der Waals surface area contributed by atoms with E-state index < -0.39 is 0 Å². The van der Waals surface area contributed by atoms with Gasteiger partial charge in [-0.05, 0) is 31.3 Å². The van der Waals surface area contributed by atoms with Crippen molar-refractivity contribution in [3.05, 3.63) is 41.2 Å². The summed E-state index contributed by atoms with van der Waals surface area (Å²) in [6.07, 6.45) is 0. The van der Waals surface area contributed by atoms with Crippen molar-refractivity contribution in [1.29, 1.82) is 0 Å². The lowest BCUT2D eigenvalue weighted by Gasteiger charge is -2.04. The van der Waals surface area contributed by atoms with E-state index in [2.05, 4.69) is 21.2 Å². The number of para-hydroxylation sites is 1. The minimum Gasteiger partial charge on any atom is -0.299 e. The van der Waals surface area contributed by atoms with Gasteiger partial charge in [-0.15, -0.1) is 0 Å². The van der Waals surface area contributed by atoms with Crippen LogP contribution >= 0.6 is 12.2 Å². The lowest BCUT2D eigenvalue weighted by molar-refractivity contribution is 0.754. The van der Waals surface area contributed by atoms with Gasteiger partial charge in [0.25, 0.3) is 0 Å². The van der Waals surface area contributed by atoms with Crippen LogP contribution in [0, 0.1) is 4.77 Å². The number of rotatable bonds is 2. The Morgan fingerprint density at radius 3 is 2.89 bits per heavy atom. The molecule has 0 bridgehead atoms. The van der Waals surface area contributed by atoms with Crippen LogP contribution < -0.4 is 0 Å². The zero-order valence-electron chi connectivity index (χ0n) is 9.92. The molecule has 5 heteroatoms. The Balaban J connectivity index is 2.22. The Hall–Kier alpha value is -2.01. The van der Waals surface area contributed by atoms with E-state index in [4.69, 9.17) is 12.2 Å². The van der Waals surface area contributed by atoms with Crippen LogP contribution in [0.3, 0.4) is 0 Å². The normalized spacial score (nSPS) is 10.9. The Kier molecular flexibility index (Phi) is 2.68. The van der Waals surface area contributed by atoms with Crippen molar-refractivity contribution in [1.82, 2.24) is 19.7 Å². The molecule has 0 spiro atoms. The molecule has 4 nitrogen and oxygen atoms in total. The van der Waals surface area contributed by atoms with Crippen LogP contribution in [-0.4, -0.2) is 19.7 Å². The van der Waals surface area contributed by atoms with Crippen molar-refractivity contribution < 1.29 is 0 Å². The molecule has 0 radical (unpaired) electrons. The van der Waals surface area contributed by atoms with E-state index in [9.17, 15) is 0 Å². The number of H-pyrrole nitrogens is 1. The molecule has 0 saturated carbocycles. The fourth-order valence-corrected chi connectivity index (χ4v) is 2.26. The molecule has 2 heterocycles. The molecular weight excluding hydrogens is 244 g/mol. The predicted molar refractivity (Wildman–Crippen MR) is 73.8 cm³/mol. The summed E-state index contributed by atoms with van der Waals surface area (Å²) in [7, 11) is 0. The maximum Gasteiger partial charge on any atom is 0.195 e. The molecule has 1 aromatic carbocycles. The van der Waals surface area contributed by atoms with Gasteiger partial charge in [0.05, 0.1) is 5.52 Å². The first kappa shape index (κ1) is 11.1. The number of hydrogen-bond acceptors (Lipinski definition) is 3. The maximum atomic E-state index is 5.18. The summed E-state index contributed by atoms with van der Waals surface area (Å²) in [6, 6.07) is 12.1. The molecule has 0 atom stereocenters. The minimum absolute atomic E-state index is 0.627. The van der Waals surface area contributed by atoms with E-state index in [1.165, 1.54) is 0 Å². The number of nitrogens with zero attached hydrogens (tertiary/aromatic N) is 3. The molecule has 3 aromatic rings. The first-order chi connectivity index (χ1) is 8.79. The highest BCUT2D eigenvalue weighted by Crippen LogP contribution is 2.19. The second-order valence-corrected chi connectivity index (χ2v) is 4.37. The van der Waals surface area contributed by atoms with Crippen molar-refractivity contribution in [2.45, 2.75) is 13.5 Å². The van der Waals surface area contributed by atoms with E-state index in [1.807, 2.05) is 41.8 Å². The lowest BCUT2D eigenvalue weighted by atomic mass is 10.2. The molecule has 90 valence electrons. The molecule has 18 heavy (non-hydrogen) atoms. The van der Waals surface area contributed by atoms with Gasteiger partial charge in [-0.25, -0.2) is 4.98 Å². The van der Waals surface area contributed by atoms with Crippen molar-refractivity contribution >= 4 is 23.1 Å². The average molecular weight is 256 g/mol. The largest absolute Gasteiger partial charge is 0.299 e. The van der Waals surface area contributed by atoms with Crippen LogP contribution in [0.15, 0.2) is 36.4 Å². The minimum atomic E-state index is 0.627. The van der Waals surface area contributed by atoms with Crippen molar-refractivity contribution in [3.63, 3.8) is 0 Å². The number of aromatic nitrogens is 4. The Morgan fingerprint density at radius 2 is 2.06 bits per heavy atom. The third-order valence-corrected chi connectivity index (χ3v) is 3.21. The lowest BCUT2D eigenvalue weighted by Crippen LogP contribution is -1.99. The van der Waals surface area contributed by atoms with Crippen molar-refractivity contribution in [2.24, 2.45) is 0 Å². The molecule has 2 aromatic heterocycles. The van der Waals surface area contributed by atoms with Crippen LogP contribution in [0.4, 0.5) is 0 Å². The van der Waals surface area contributed by atoms with E-state index in [0.717, 1.165) is 29.0 Å². The van der Waals surface area contributed by atoms with Gasteiger partial charge in [-0.1, -0.05) is 24.3 Å². The fourth-order valence-electron chi connectivity index (χ4n) is 2.00. The zero-order valence-corrected chi connectivity index (χ0v) is 10.7. The molecule has 0 amide bonds. The summed E-state index contributed by atoms with van der Waals surface area (Å²) in [4.78, 5) is 4.62. The van der Waals surface area contributed by atoms with E-state index >= 15 is 0 Å². The van der Waals surface area contributed by atoms with Crippen molar-refractivity contribution in [2.75, 3.05) is 0 Å². The molecule has 3 rings (SSSR count). The SMILES string of the molecule is CCn1c(-c2ccc3ccccc3n2)n[nH]c1=S. The fraction of sp³-hybridized carbons (Fsp3) is 0.154. The van der Waals surface area contributed by atoms with Crippen LogP contribution in [-0.2, 0) is 6.54 Å². The highest BCUT2D eigenvalue weighted by molar-refractivity contribution is 7.71. The van der Waals surface area contributed by atoms with E-state index in [-0.39, 0.29) is 0 Å². The maximum absolute atomic E-state index is 5.18. The Morgan fingerprint density at radius 1 is 1.22 bits per heavy atom. The molecule has 0 aliphatic carbocycles. The summed E-state index contributed by atoms with van der Waals surface area (Å²) in [5, 5.41) is 8.18. The van der Waals surface area contributed by atoms with E-state index in [1.54, 1.807) is 0 Å². The number of benzene rings is 1. The van der Waals surface area contributed by atoms with E-state index in [0.29, 0.717) is 4.77 Å². The van der Waals surface area contributed by atoms with Crippen LogP contribution in [0.2, 0.25) is 0 Å². The highest BCUT2D eigenvalue weighted by atomic mass is 32.1. The van der Waals surface area contributed by atoms with Gasteiger partial charge in [0.15, 0.2) is 10.6 Å². The summed E-state index contributed by atoms with van der Waals surface area (Å²) < 4.78 is 2.56. The third-order valence-electron chi connectivity index (χ3n) is 2.90. The number of fused-ring (bicyclic) bond motifs is 1. The number of pyridine rings is 1. The molecule has 0 saturated heterocycles. The topological polar surface area (TPSA) is 46.5 Å². The van der Waals surface area contributed by atoms with Gasteiger partial charge in [0.2, 0.25) is 0 Å². The summed E-state index contributed by atoms with van der Waals surface area (Å²) in [5.74, 6) is 0.785.